The Kier molecular flexibility index (Phi) is 5.93. The highest BCUT2D eigenvalue weighted by atomic mass is 79.9. The first-order chi connectivity index (χ1) is 12.5. The average molecular weight is 416 g/mol. The van der Waals surface area contributed by atoms with Gasteiger partial charge in [0, 0.05) is 13.1 Å². The van der Waals surface area contributed by atoms with Crippen molar-refractivity contribution in [2.75, 3.05) is 6.54 Å². The van der Waals surface area contributed by atoms with Crippen molar-refractivity contribution in [2.45, 2.75) is 32.9 Å². The summed E-state index contributed by atoms with van der Waals surface area (Å²) in [5.41, 5.74) is 3.23. The number of nitrogens with zero attached hydrogens (tertiary/aromatic N) is 2. The van der Waals surface area contributed by atoms with Crippen LogP contribution in [0.4, 0.5) is 0 Å². The summed E-state index contributed by atoms with van der Waals surface area (Å²) in [4.78, 5) is 16.6. The number of benzene rings is 2. The Morgan fingerprint density at radius 2 is 2.12 bits per heavy atom. The first kappa shape index (κ1) is 18.5. The average Bonchev–Trinajstić information content (AvgIpc) is 3.04. The monoisotopic (exact) mass is 415 g/mol. The molecule has 1 unspecified atom stereocenters. The number of amides is 1. The van der Waals surface area contributed by atoms with Gasteiger partial charge in [-0.05, 0) is 66.0 Å². The van der Waals surface area contributed by atoms with Gasteiger partial charge in [0.1, 0.15) is 5.75 Å². The van der Waals surface area contributed by atoms with Crippen LogP contribution in [-0.2, 0) is 11.3 Å². The summed E-state index contributed by atoms with van der Waals surface area (Å²) in [6.07, 6.45) is 2.11. The minimum atomic E-state index is -0.553. The number of rotatable bonds is 7. The first-order valence-electron chi connectivity index (χ1n) is 8.65. The highest BCUT2D eigenvalue weighted by molar-refractivity contribution is 9.10. The lowest BCUT2D eigenvalue weighted by molar-refractivity contribution is -0.127. The predicted octanol–water partition coefficient (Wildman–Crippen LogP) is 4.08. The van der Waals surface area contributed by atoms with Gasteiger partial charge in [-0.1, -0.05) is 18.2 Å². The van der Waals surface area contributed by atoms with Gasteiger partial charge in [-0.2, -0.15) is 0 Å². The molecule has 6 heteroatoms. The lowest BCUT2D eigenvalue weighted by Crippen LogP contribution is -2.37. The number of hydrogen-bond donors (Lipinski definition) is 1. The Balaban J connectivity index is 1.46. The molecule has 1 N–H and O–H groups in total. The van der Waals surface area contributed by atoms with Gasteiger partial charge in [-0.15, -0.1) is 0 Å². The highest BCUT2D eigenvalue weighted by Crippen LogP contribution is 2.26. The molecular weight excluding hydrogens is 394 g/mol. The zero-order valence-corrected chi connectivity index (χ0v) is 16.5. The summed E-state index contributed by atoms with van der Waals surface area (Å²) in [6.45, 7) is 5.16. The Labute approximate surface area is 161 Å². The topological polar surface area (TPSA) is 56.1 Å². The second kappa shape index (κ2) is 8.36. The van der Waals surface area contributed by atoms with Gasteiger partial charge in [-0.25, -0.2) is 4.98 Å². The number of aryl methyl sites for hydroxylation is 2. The fraction of sp³-hybridized carbons (Fsp3) is 0.300. The maximum absolute atomic E-state index is 12.2. The van der Waals surface area contributed by atoms with E-state index in [1.807, 2.05) is 49.6 Å². The molecule has 0 radical (unpaired) electrons. The second-order valence-corrected chi connectivity index (χ2v) is 7.12. The minimum absolute atomic E-state index is 0.118. The van der Waals surface area contributed by atoms with Gasteiger partial charge in [0.15, 0.2) is 6.10 Å². The van der Waals surface area contributed by atoms with Crippen LogP contribution in [0.3, 0.4) is 0 Å². The Bertz CT molecular complexity index is 907. The van der Waals surface area contributed by atoms with Crippen LogP contribution in [0, 0.1) is 6.92 Å². The number of halogens is 1. The van der Waals surface area contributed by atoms with E-state index in [0.29, 0.717) is 12.3 Å². The Morgan fingerprint density at radius 3 is 2.92 bits per heavy atom. The van der Waals surface area contributed by atoms with Crippen LogP contribution in [0.15, 0.2) is 53.3 Å². The van der Waals surface area contributed by atoms with E-state index in [9.17, 15) is 4.79 Å². The van der Waals surface area contributed by atoms with Crippen LogP contribution < -0.4 is 10.1 Å². The highest BCUT2D eigenvalue weighted by Gasteiger charge is 2.15. The molecule has 3 rings (SSSR count). The Hall–Kier alpha value is -2.34. The van der Waals surface area contributed by atoms with Gasteiger partial charge in [-0.3, -0.25) is 4.79 Å². The third kappa shape index (κ3) is 4.43. The lowest BCUT2D eigenvalue weighted by atomic mass is 10.2. The van der Waals surface area contributed by atoms with Crippen molar-refractivity contribution in [1.29, 1.82) is 0 Å². The largest absolute Gasteiger partial charge is 0.480 e. The summed E-state index contributed by atoms with van der Waals surface area (Å²) in [5.74, 6) is 0.552. The zero-order chi connectivity index (χ0) is 18.5. The predicted molar refractivity (Wildman–Crippen MR) is 106 cm³/mol. The van der Waals surface area contributed by atoms with E-state index in [0.717, 1.165) is 34.0 Å². The van der Waals surface area contributed by atoms with E-state index in [1.54, 1.807) is 6.92 Å². The molecule has 0 aliphatic carbocycles. The summed E-state index contributed by atoms with van der Waals surface area (Å²) < 4.78 is 8.70. The van der Waals surface area contributed by atoms with Gasteiger partial charge in [0.25, 0.3) is 5.91 Å². The molecule has 0 aliphatic heterocycles. The van der Waals surface area contributed by atoms with Crippen LogP contribution in [0.1, 0.15) is 18.9 Å². The number of aromatic nitrogens is 2. The first-order valence-corrected chi connectivity index (χ1v) is 9.44. The molecule has 1 aromatic heterocycles. The fourth-order valence-corrected chi connectivity index (χ4v) is 3.33. The number of para-hydroxylation sites is 2. The third-order valence-corrected chi connectivity index (χ3v) is 4.78. The third-order valence-electron chi connectivity index (χ3n) is 4.16. The maximum Gasteiger partial charge on any atom is 0.260 e. The van der Waals surface area contributed by atoms with Gasteiger partial charge >= 0.3 is 0 Å². The standard InChI is InChI=1S/C20H22BrN3O2/c1-14-8-9-19(16(21)12-14)26-15(2)20(25)22-10-5-11-24-13-23-17-6-3-4-7-18(17)24/h3-4,6-9,12-13,15H,5,10-11H2,1-2H3,(H,22,25). The van der Waals surface area contributed by atoms with Crippen LogP contribution in [0.25, 0.3) is 11.0 Å². The fourth-order valence-electron chi connectivity index (χ4n) is 2.74. The lowest BCUT2D eigenvalue weighted by Gasteiger charge is -2.16. The second-order valence-electron chi connectivity index (χ2n) is 6.27. The van der Waals surface area contributed by atoms with Crippen molar-refractivity contribution < 1.29 is 9.53 Å². The molecule has 5 nitrogen and oxygen atoms in total. The van der Waals surface area contributed by atoms with Crippen molar-refractivity contribution in [3.63, 3.8) is 0 Å². The minimum Gasteiger partial charge on any atom is -0.480 e. The van der Waals surface area contributed by atoms with Crippen LogP contribution in [-0.4, -0.2) is 28.1 Å². The van der Waals surface area contributed by atoms with Crippen molar-refractivity contribution in [3.8, 4) is 5.75 Å². The number of imidazole rings is 1. The molecule has 1 heterocycles. The molecule has 0 aliphatic rings. The number of carbonyl (C=O) groups excluding carboxylic acids is 1. The number of ether oxygens (including phenoxy) is 1. The normalized spacial score (nSPS) is 12.1. The van der Waals surface area contributed by atoms with Gasteiger partial charge < -0.3 is 14.6 Å². The van der Waals surface area contributed by atoms with E-state index >= 15 is 0 Å². The van der Waals surface area contributed by atoms with E-state index < -0.39 is 6.10 Å². The van der Waals surface area contributed by atoms with Crippen LogP contribution in [0.5, 0.6) is 5.75 Å². The molecule has 0 saturated carbocycles. The smallest absolute Gasteiger partial charge is 0.260 e. The van der Waals surface area contributed by atoms with E-state index in [4.69, 9.17) is 4.74 Å². The molecule has 0 bridgehead atoms. The van der Waals surface area contributed by atoms with E-state index in [-0.39, 0.29) is 5.91 Å². The molecular formula is C20H22BrN3O2. The molecule has 2 aromatic carbocycles. The van der Waals surface area contributed by atoms with Gasteiger partial charge in [0.2, 0.25) is 0 Å². The van der Waals surface area contributed by atoms with E-state index in [1.165, 1.54) is 0 Å². The molecule has 26 heavy (non-hydrogen) atoms. The number of nitrogens with one attached hydrogen (secondary N) is 1. The van der Waals surface area contributed by atoms with Gasteiger partial charge in [0.05, 0.1) is 21.8 Å². The van der Waals surface area contributed by atoms with Crippen molar-refractivity contribution in [2.24, 2.45) is 0 Å². The molecule has 1 amide bonds. The van der Waals surface area contributed by atoms with Crippen molar-refractivity contribution >= 4 is 32.9 Å². The Morgan fingerprint density at radius 1 is 1.31 bits per heavy atom. The van der Waals surface area contributed by atoms with Crippen molar-refractivity contribution in [3.05, 3.63) is 58.8 Å². The molecule has 0 fully saturated rings. The number of fused-ring (bicyclic) bond motifs is 1. The summed E-state index contributed by atoms with van der Waals surface area (Å²) in [7, 11) is 0. The SMILES string of the molecule is Cc1ccc(OC(C)C(=O)NCCCn2cnc3ccccc32)c(Br)c1. The number of carbonyl (C=O) groups is 1. The van der Waals surface area contributed by atoms with E-state index in [2.05, 4.69) is 36.9 Å². The van der Waals surface area contributed by atoms with Crippen LogP contribution >= 0.6 is 15.9 Å². The molecule has 1 atom stereocenters. The molecule has 0 saturated heterocycles. The molecule has 3 aromatic rings. The number of hydrogen-bond acceptors (Lipinski definition) is 3. The zero-order valence-electron chi connectivity index (χ0n) is 14.9. The maximum atomic E-state index is 12.2. The van der Waals surface area contributed by atoms with Crippen LogP contribution in [0.2, 0.25) is 0 Å². The quantitative estimate of drug-likeness (QED) is 0.591. The summed E-state index contributed by atoms with van der Waals surface area (Å²) in [6, 6.07) is 13.8. The summed E-state index contributed by atoms with van der Waals surface area (Å²) in [5, 5.41) is 2.93. The summed E-state index contributed by atoms with van der Waals surface area (Å²) >= 11 is 3.46. The molecule has 136 valence electrons. The van der Waals surface area contributed by atoms with Crippen molar-refractivity contribution in [1.82, 2.24) is 14.9 Å². The molecule has 0 spiro atoms.